The molecule has 3 N–H and O–H groups in total. The maximum atomic E-state index is 12.3. The van der Waals surface area contributed by atoms with Gasteiger partial charge < -0.3 is 15.5 Å². The van der Waals surface area contributed by atoms with E-state index in [0.717, 1.165) is 25.7 Å². The predicted molar refractivity (Wildman–Crippen MR) is 216 cm³/mol. The molecule has 0 aliphatic carbocycles. The summed E-state index contributed by atoms with van der Waals surface area (Å²) in [6, 6.07) is -0.617. The SMILES string of the molecule is CCCCCCCCC/C=C/C(O)C(CO)NC(=O)CCCCCCCCCCCCCC/C=C\CCCCCCCCCCCCCC. The van der Waals surface area contributed by atoms with Crippen molar-refractivity contribution in [3.8, 4) is 0 Å². The Kier molecular flexibility index (Phi) is 40.3. The highest BCUT2D eigenvalue weighted by atomic mass is 16.3. The van der Waals surface area contributed by atoms with E-state index < -0.39 is 12.1 Å². The normalized spacial score (nSPS) is 13.1. The zero-order valence-corrected chi connectivity index (χ0v) is 33.2. The predicted octanol–water partition coefficient (Wildman–Crippen LogP) is 13.6. The van der Waals surface area contributed by atoms with Crippen molar-refractivity contribution in [2.24, 2.45) is 0 Å². The molecule has 4 heteroatoms. The quantitative estimate of drug-likeness (QED) is 0.0443. The van der Waals surface area contributed by atoms with Gasteiger partial charge >= 0.3 is 0 Å². The first-order valence-corrected chi connectivity index (χ1v) is 22.1. The lowest BCUT2D eigenvalue weighted by Crippen LogP contribution is -2.45. The highest BCUT2D eigenvalue weighted by molar-refractivity contribution is 5.76. The van der Waals surface area contributed by atoms with Crippen molar-refractivity contribution < 1.29 is 15.0 Å². The third-order valence-corrected chi connectivity index (χ3v) is 10.2. The molecule has 49 heavy (non-hydrogen) atoms. The molecule has 0 fully saturated rings. The lowest BCUT2D eigenvalue weighted by atomic mass is 10.0. The van der Waals surface area contributed by atoms with Gasteiger partial charge in [0.15, 0.2) is 0 Å². The van der Waals surface area contributed by atoms with E-state index in [1.165, 1.54) is 193 Å². The molecule has 2 atom stereocenters. The highest BCUT2D eigenvalue weighted by Crippen LogP contribution is 2.15. The Morgan fingerprint density at radius 3 is 1.12 bits per heavy atom. The summed E-state index contributed by atoms with van der Waals surface area (Å²) in [5.41, 5.74) is 0. The third-order valence-electron chi connectivity index (χ3n) is 10.2. The first kappa shape index (κ1) is 47.9. The van der Waals surface area contributed by atoms with E-state index in [2.05, 4.69) is 31.3 Å². The van der Waals surface area contributed by atoms with Crippen LogP contribution in [0.5, 0.6) is 0 Å². The number of aliphatic hydroxyl groups is 2. The maximum Gasteiger partial charge on any atom is 0.220 e. The van der Waals surface area contributed by atoms with E-state index >= 15 is 0 Å². The second-order valence-electron chi connectivity index (χ2n) is 15.1. The number of nitrogens with one attached hydrogen (secondary N) is 1. The van der Waals surface area contributed by atoms with Gasteiger partial charge in [0, 0.05) is 6.42 Å². The Labute approximate surface area is 307 Å². The molecule has 0 aliphatic rings. The molecule has 4 nitrogen and oxygen atoms in total. The molecule has 0 aromatic rings. The number of hydrogen-bond donors (Lipinski definition) is 3. The Hall–Kier alpha value is -1.13. The van der Waals surface area contributed by atoms with Gasteiger partial charge in [0.05, 0.1) is 18.8 Å². The molecule has 0 saturated heterocycles. The fourth-order valence-corrected chi connectivity index (χ4v) is 6.76. The minimum absolute atomic E-state index is 0.0654. The van der Waals surface area contributed by atoms with Crippen molar-refractivity contribution in [2.75, 3.05) is 6.61 Å². The van der Waals surface area contributed by atoms with Crippen LogP contribution in [0.2, 0.25) is 0 Å². The van der Waals surface area contributed by atoms with Crippen molar-refractivity contribution >= 4 is 5.91 Å². The molecule has 0 radical (unpaired) electrons. The van der Waals surface area contributed by atoms with Crippen LogP contribution in [0, 0.1) is 0 Å². The zero-order valence-electron chi connectivity index (χ0n) is 33.2. The fourth-order valence-electron chi connectivity index (χ4n) is 6.76. The number of hydrogen-bond acceptors (Lipinski definition) is 3. The number of rotatable bonds is 40. The minimum atomic E-state index is -0.834. The van der Waals surface area contributed by atoms with Crippen LogP contribution in [0.4, 0.5) is 0 Å². The van der Waals surface area contributed by atoms with Gasteiger partial charge in [-0.25, -0.2) is 0 Å². The van der Waals surface area contributed by atoms with E-state index in [9.17, 15) is 15.0 Å². The monoisotopic (exact) mass is 690 g/mol. The number of carbonyl (C=O) groups is 1. The summed E-state index contributed by atoms with van der Waals surface area (Å²) < 4.78 is 0. The van der Waals surface area contributed by atoms with E-state index in [4.69, 9.17) is 0 Å². The molecule has 0 heterocycles. The van der Waals surface area contributed by atoms with Gasteiger partial charge in [-0.05, 0) is 44.9 Å². The van der Waals surface area contributed by atoms with Crippen molar-refractivity contribution in [3.05, 3.63) is 24.3 Å². The van der Waals surface area contributed by atoms with Crippen molar-refractivity contribution in [3.63, 3.8) is 0 Å². The molecule has 2 unspecified atom stereocenters. The van der Waals surface area contributed by atoms with Crippen molar-refractivity contribution in [1.29, 1.82) is 0 Å². The van der Waals surface area contributed by atoms with Crippen LogP contribution < -0.4 is 5.32 Å². The van der Waals surface area contributed by atoms with Crippen LogP contribution >= 0.6 is 0 Å². The summed E-state index contributed by atoms with van der Waals surface area (Å²) in [6.07, 6.45) is 53.0. The summed E-state index contributed by atoms with van der Waals surface area (Å²) in [5.74, 6) is -0.0654. The topological polar surface area (TPSA) is 69.6 Å². The lowest BCUT2D eigenvalue weighted by molar-refractivity contribution is -0.123. The number of carbonyl (C=O) groups excluding carboxylic acids is 1. The van der Waals surface area contributed by atoms with Crippen LogP contribution in [0.3, 0.4) is 0 Å². The molecular weight excluding hydrogens is 602 g/mol. The zero-order chi connectivity index (χ0) is 35.7. The van der Waals surface area contributed by atoms with Crippen molar-refractivity contribution in [1.82, 2.24) is 5.32 Å². The number of allylic oxidation sites excluding steroid dienone is 3. The first-order chi connectivity index (χ1) is 24.2. The van der Waals surface area contributed by atoms with Gasteiger partial charge in [-0.3, -0.25) is 4.79 Å². The average molecular weight is 690 g/mol. The summed E-state index contributed by atoms with van der Waals surface area (Å²) in [7, 11) is 0. The Balaban J connectivity index is 3.44. The van der Waals surface area contributed by atoms with E-state index in [-0.39, 0.29) is 12.5 Å². The first-order valence-electron chi connectivity index (χ1n) is 22.1. The van der Waals surface area contributed by atoms with Gasteiger partial charge in [-0.1, -0.05) is 212 Å². The van der Waals surface area contributed by atoms with Crippen LogP contribution in [-0.2, 0) is 4.79 Å². The number of aliphatic hydroxyl groups excluding tert-OH is 2. The molecule has 1 amide bonds. The standard InChI is InChI=1S/C45H87NO3/c1-3-5-7-9-11-13-14-15-16-17-18-19-20-21-22-23-24-25-26-27-28-29-30-31-33-35-37-39-41-45(49)46-43(42-47)44(48)40-38-36-34-32-12-10-8-6-4-2/h21-22,38,40,43-44,47-48H,3-20,23-37,39,41-42H2,1-2H3,(H,46,49)/b22-21-,40-38+. The minimum Gasteiger partial charge on any atom is -0.394 e. The molecule has 290 valence electrons. The molecule has 0 aromatic carbocycles. The van der Waals surface area contributed by atoms with E-state index in [1.54, 1.807) is 6.08 Å². The summed E-state index contributed by atoms with van der Waals surface area (Å²) in [4.78, 5) is 12.3. The Bertz CT molecular complexity index is 705. The van der Waals surface area contributed by atoms with Crippen LogP contribution in [0.1, 0.15) is 239 Å². The van der Waals surface area contributed by atoms with Gasteiger partial charge in [0.2, 0.25) is 5.91 Å². The lowest BCUT2D eigenvalue weighted by Gasteiger charge is -2.20. The molecular formula is C45H87NO3. The maximum absolute atomic E-state index is 12.3. The molecule has 0 saturated carbocycles. The molecule has 0 spiro atoms. The molecule has 0 bridgehead atoms. The largest absolute Gasteiger partial charge is 0.394 e. The molecule has 0 aliphatic heterocycles. The second-order valence-corrected chi connectivity index (χ2v) is 15.1. The molecule has 0 rings (SSSR count). The number of unbranched alkanes of at least 4 members (excludes halogenated alkanes) is 31. The summed E-state index contributed by atoms with van der Waals surface area (Å²) in [6.45, 7) is 4.29. The fraction of sp³-hybridized carbons (Fsp3) is 0.889. The van der Waals surface area contributed by atoms with Gasteiger partial charge in [-0.15, -0.1) is 0 Å². The van der Waals surface area contributed by atoms with Crippen molar-refractivity contribution in [2.45, 2.75) is 251 Å². The summed E-state index contributed by atoms with van der Waals surface area (Å²) >= 11 is 0. The van der Waals surface area contributed by atoms with E-state index in [1.807, 2.05) is 6.08 Å². The highest BCUT2D eigenvalue weighted by Gasteiger charge is 2.17. The number of amides is 1. The third kappa shape index (κ3) is 37.9. The molecule has 0 aromatic heterocycles. The van der Waals surface area contributed by atoms with Crippen LogP contribution in [0.25, 0.3) is 0 Å². The average Bonchev–Trinajstić information content (AvgIpc) is 3.10. The smallest absolute Gasteiger partial charge is 0.220 e. The van der Waals surface area contributed by atoms with Gasteiger partial charge in [0.25, 0.3) is 0 Å². The van der Waals surface area contributed by atoms with Gasteiger partial charge in [-0.2, -0.15) is 0 Å². The van der Waals surface area contributed by atoms with Crippen LogP contribution in [-0.4, -0.2) is 34.9 Å². The second kappa shape index (κ2) is 41.3. The Morgan fingerprint density at radius 1 is 0.469 bits per heavy atom. The van der Waals surface area contributed by atoms with Gasteiger partial charge in [0.1, 0.15) is 0 Å². The summed E-state index contributed by atoms with van der Waals surface area (Å²) in [5, 5.41) is 22.9. The van der Waals surface area contributed by atoms with E-state index in [0.29, 0.717) is 6.42 Å². The van der Waals surface area contributed by atoms with Crippen LogP contribution in [0.15, 0.2) is 24.3 Å². The Morgan fingerprint density at radius 2 is 0.776 bits per heavy atom.